The van der Waals surface area contributed by atoms with Crippen molar-refractivity contribution >= 4 is 18.0 Å². The first-order chi connectivity index (χ1) is 7.93. The van der Waals surface area contributed by atoms with E-state index in [1.54, 1.807) is 6.08 Å². The van der Waals surface area contributed by atoms with Crippen LogP contribution in [0, 0.1) is 0 Å². The van der Waals surface area contributed by atoms with Gasteiger partial charge in [-0.25, -0.2) is 9.59 Å². The van der Waals surface area contributed by atoms with Gasteiger partial charge in [0.2, 0.25) is 0 Å². The molecule has 1 unspecified atom stereocenters. The number of carboxylic acid groups (broad SMARTS) is 2. The topological polar surface area (TPSA) is 94.8 Å². The Morgan fingerprint density at radius 2 is 1.67 bits per heavy atom. The van der Waals surface area contributed by atoms with Gasteiger partial charge in [-0.15, -0.1) is 0 Å². The van der Waals surface area contributed by atoms with Gasteiger partial charge in [0.05, 0.1) is 0 Å². The molecule has 5 nitrogen and oxygen atoms in total. The van der Waals surface area contributed by atoms with Gasteiger partial charge in [-0.3, -0.25) is 0 Å². The van der Waals surface area contributed by atoms with Crippen LogP contribution in [-0.4, -0.2) is 33.4 Å². The molecule has 0 amide bonds. The molecule has 6 heteroatoms. The number of carbonyl (C=O) groups is 2. The number of hydrogen-bond acceptors (Lipinski definition) is 3. The van der Waals surface area contributed by atoms with Crippen molar-refractivity contribution in [2.45, 2.75) is 13.0 Å². The minimum Gasteiger partial charge on any atom is -1.00 e. The van der Waals surface area contributed by atoms with Crippen molar-refractivity contribution in [1.82, 2.24) is 0 Å². The maximum atomic E-state index is 10.1. The monoisotopic (exact) mass is 278 g/mol. The zero-order chi connectivity index (χ0) is 13.3. The van der Waals surface area contributed by atoms with Gasteiger partial charge in [0.1, 0.15) is 6.10 Å². The Morgan fingerprint density at radius 1 is 1.22 bits per heavy atom. The van der Waals surface area contributed by atoms with Crippen molar-refractivity contribution < 1.29 is 77.7 Å². The van der Waals surface area contributed by atoms with Gasteiger partial charge in [0, 0.05) is 6.08 Å². The predicted molar refractivity (Wildman–Crippen MR) is 63.5 cm³/mol. The van der Waals surface area contributed by atoms with E-state index in [-0.39, 0.29) is 52.8 Å². The van der Waals surface area contributed by atoms with Crippen LogP contribution in [0.25, 0.3) is 6.08 Å². The van der Waals surface area contributed by atoms with Crippen LogP contribution in [0.4, 0.5) is 0 Å². The van der Waals surface area contributed by atoms with Crippen molar-refractivity contribution in [3.8, 4) is 0 Å². The van der Waals surface area contributed by atoms with Crippen LogP contribution in [0.5, 0.6) is 0 Å². The third-order valence-corrected chi connectivity index (χ3v) is 1.58. The van der Waals surface area contributed by atoms with Gasteiger partial charge in [-0.2, -0.15) is 0 Å². The third kappa shape index (κ3) is 12.0. The molecular weight excluding hydrogens is 263 g/mol. The average molecular weight is 278 g/mol. The summed E-state index contributed by atoms with van der Waals surface area (Å²) in [6.45, 7) is 1.20. The van der Waals surface area contributed by atoms with Crippen molar-refractivity contribution in [3.63, 3.8) is 0 Å². The average Bonchev–Trinajstić information content (AvgIpc) is 2.28. The van der Waals surface area contributed by atoms with Crippen molar-refractivity contribution in [2.75, 3.05) is 0 Å². The Bertz CT molecular complexity index is 392. The number of carboxylic acids is 2. The van der Waals surface area contributed by atoms with Crippen LogP contribution in [0.15, 0.2) is 36.4 Å². The van der Waals surface area contributed by atoms with E-state index in [0.29, 0.717) is 0 Å². The number of aliphatic hydroxyl groups is 1. The van der Waals surface area contributed by atoms with Crippen LogP contribution < -0.4 is 51.4 Å². The summed E-state index contributed by atoms with van der Waals surface area (Å²) >= 11 is 0. The molecule has 0 fully saturated rings. The molecule has 1 aromatic rings. The number of benzene rings is 1. The molecule has 1 rings (SSSR count). The second kappa shape index (κ2) is 11.6. The minimum atomic E-state index is -1.23. The molecule has 1 aromatic carbocycles. The minimum absolute atomic E-state index is 0. The van der Waals surface area contributed by atoms with Crippen LogP contribution >= 0.6 is 0 Å². The molecule has 0 aromatic heterocycles. The Kier molecular flexibility index (Phi) is 12.8. The molecule has 0 heterocycles. The molecular formula is C12H15KO5. The molecule has 0 bridgehead atoms. The standard InChI is InChI=1S/C9H8O2.C3H6O3.K.H/c10-9(11)7-6-8-4-2-1-3-5-8;1-2(4)3(5)6;;/h1-7H,(H,10,11);2,4H,1H3,(H,5,6);;/q;;+1;-1. The van der Waals surface area contributed by atoms with E-state index < -0.39 is 18.0 Å². The molecule has 0 saturated heterocycles. The maximum absolute atomic E-state index is 10.1. The van der Waals surface area contributed by atoms with Gasteiger partial charge in [-0.05, 0) is 18.6 Å². The smallest absolute Gasteiger partial charge is 1.00 e. The second-order valence-electron chi connectivity index (χ2n) is 3.10. The van der Waals surface area contributed by atoms with Crippen LogP contribution in [0.1, 0.15) is 13.9 Å². The van der Waals surface area contributed by atoms with E-state index in [1.165, 1.54) is 6.92 Å². The third-order valence-electron chi connectivity index (χ3n) is 1.58. The molecule has 0 aliphatic heterocycles. The Morgan fingerprint density at radius 3 is 2.00 bits per heavy atom. The molecule has 0 aliphatic carbocycles. The Balaban J connectivity index is -0.000000282. The molecule has 0 radical (unpaired) electrons. The Labute approximate surface area is 149 Å². The van der Waals surface area contributed by atoms with Crippen molar-refractivity contribution in [2.24, 2.45) is 0 Å². The summed E-state index contributed by atoms with van der Waals surface area (Å²) in [5, 5.41) is 24.1. The van der Waals surface area contributed by atoms with Gasteiger partial charge in [0.15, 0.2) is 0 Å². The largest absolute Gasteiger partial charge is 1.00 e. The van der Waals surface area contributed by atoms with Crippen molar-refractivity contribution in [3.05, 3.63) is 42.0 Å². The number of aliphatic hydroxyl groups excluding tert-OH is 1. The fraction of sp³-hybridized carbons (Fsp3) is 0.167. The van der Waals surface area contributed by atoms with Gasteiger partial charge in [-0.1, -0.05) is 30.3 Å². The molecule has 0 saturated carbocycles. The van der Waals surface area contributed by atoms with E-state index in [9.17, 15) is 9.59 Å². The molecule has 0 aliphatic rings. The second-order valence-corrected chi connectivity index (χ2v) is 3.10. The van der Waals surface area contributed by atoms with E-state index in [1.807, 2.05) is 30.3 Å². The van der Waals surface area contributed by atoms with E-state index in [2.05, 4.69) is 0 Å². The Hall–Kier alpha value is -0.504. The summed E-state index contributed by atoms with van der Waals surface area (Å²) in [7, 11) is 0. The van der Waals surface area contributed by atoms with Gasteiger partial charge in [0.25, 0.3) is 0 Å². The van der Waals surface area contributed by atoms with E-state index in [0.717, 1.165) is 11.6 Å². The predicted octanol–water partition coefficient (Wildman–Crippen LogP) is -1.65. The van der Waals surface area contributed by atoms with E-state index in [4.69, 9.17) is 15.3 Å². The summed E-state index contributed by atoms with van der Waals surface area (Å²) in [5.74, 6) is -2.11. The molecule has 18 heavy (non-hydrogen) atoms. The van der Waals surface area contributed by atoms with Crippen LogP contribution in [-0.2, 0) is 9.59 Å². The number of aliphatic carboxylic acids is 2. The fourth-order valence-corrected chi connectivity index (χ4v) is 0.732. The first kappa shape index (κ1) is 19.8. The normalized spacial score (nSPS) is 10.8. The molecule has 1 atom stereocenters. The number of rotatable bonds is 3. The van der Waals surface area contributed by atoms with Gasteiger partial charge >= 0.3 is 63.3 Å². The number of hydrogen-bond donors (Lipinski definition) is 3. The fourth-order valence-electron chi connectivity index (χ4n) is 0.732. The van der Waals surface area contributed by atoms with Crippen LogP contribution in [0.2, 0.25) is 0 Å². The zero-order valence-corrected chi connectivity index (χ0v) is 13.4. The van der Waals surface area contributed by atoms with Crippen LogP contribution in [0.3, 0.4) is 0 Å². The molecule has 3 N–H and O–H groups in total. The summed E-state index contributed by atoms with van der Waals surface area (Å²) < 4.78 is 0. The summed E-state index contributed by atoms with van der Waals surface area (Å²) in [6.07, 6.45) is 1.45. The van der Waals surface area contributed by atoms with E-state index >= 15 is 0 Å². The van der Waals surface area contributed by atoms with Crippen molar-refractivity contribution in [1.29, 1.82) is 0 Å². The quantitative estimate of drug-likeness (QED) is 0.455. The maximum Gasteiger partial charge on any atom is 1.00 e. The first-order valence-electron chi connectivity index (χ1n) is 4.80. The summed E-state index contributed by atoms with van der Waals surface area (Å²) in [5.41, 5.74) is 0.898. The molecule has 0 spiro atoms. The molecule has 94 valence electrons. The summed E-state index contributed by atoms with van der Waals surface area (Å²) in [4.78, 5) is 19.5. The zero-order valence-electron chi connectivity index (χ0n) is 11.3. The first-order valence-corrected chi connectivity index (χ1v) is 4.80. The SMILES string of the molecule is CC(O)C(=O)O.O=C(O)C=Cc1ccccc1.[H-].[K+]. The summed E-state index contributed by atoms with van der Waals surface area (Å²) in [6, 6.07) is 9.31. The van der Waals surface area contributed by atoms with Gasteiger partial charge < -0.3 is 16.7 Å².